The van der Waals surface area contributed by atoms with E-state index in [9.17, 15) is 0 Å². The van der Waals surface area contributed by atoms with Crippen LogP contribution in [0.15, 0.2) is 48.7 Å². The van der Waals surface area contributed by atoms with E-state index >= 15 is 0 Å². The van der Waals surface area contributed by atoms with Crippen molar-refractivity contribution >= 4 is 0 Å². The third kappa shape index (κ3) is 4.66. The van der Waals surface area contributed by atoms with E-state index in [1.807, 2.05) is 6.20 Å². The molecule has 0 radical (unpaired) electrons. The molecule has 1 heterocycles. The number of pyridine rings is 1. The Morgan fingerprint density at radius 3 is 2.52 bits per heavy atom. The van der Waals surface area contributed by atoms with Crippen molar-refractivity contribution in [3.8, 4) is 0 Å². The Morgan fingerprint density at radius 2 is 1.86 bits per heavy atom. The number of benzene rings is 1. The van der Waals surface area contributed by atoms with Crippen LogP contribution in [0.4, 0.5) is 0 Å². The molecule has 3 rings (SSSR count). The Morgan fingerprint density at radius 1 is 1.05 bits per heavy atom. The van der Waals surface area contributed by atoms with Crippen LogP contribution in [-0.4, -0.2) is 23.0 Å². The second-order valence-electron chi connectivity index (χ2n) is 5.97. The maximum absolute atomic E-state index is 4.58. The van der Waals surface area contributed by atoms with E-state index in [-0.39, 0.29) is 0 Å². The average Bonchev–Trinajstić information content (AvgIpc) is 3.32. The van der Waals surface area contributed by atoms with Crippen LogP contribution >= 0.6 is 0 Å². The molecule has 2 aromatic rings. The highest BCUT2D eigenvalue weighted by molar-refractivity contribution is 5.16. The summed E-state index contributed by atoms with van der Waals surface area (Å²) in [4.78, 5) is 6.87. The van der Waals surface area contributed by atoms with Gasteiger partial charge in [0.05, 0.1) is 5.69 Å². The number of rotatable bonds is 7. The number of hydrogen-bond donors (Lipinski definition) is 1. The molecule has 1 saturated carbocycles. The summed E-state index contributed by atoms with van der Waals surface area (Å²) >= 11 is 0. The zero-order chi connectivity index (χ0) is 14.5. The molecular weight excluding hydrogens is 258 g/mol. The lowest BCUT2D eigenvalue weighted by Gasteiger charge is -2.16. The van der Waals surface area contributed by atoms with Crippen LogP contribution in [0.5, 0.6) is 0 Å². The molecule has 0 amide bonds. The zero-order valence-corrected chi connectivity index (χ0v) is 12.6. The number of nitrogens with zero attached hydrogens (tertiary/aromatic N) is 2. The second kappa shape index (κ2) is 6.83. The van der Waals surface area contributed by atoms with Gasteiger partial charge in [-0.15, -0.1) is 0 Å². The maximum atomic E-state index is 4.58. The van der Waals surface area contributed by atoms with Crippen LogP contribution in [0.2, 0.25) is 0 Å². The minimum Gasteiger partial charge on any atom is -0.310 e. The summed E-state index contributed by atoms with van der Waals surface area (Å²) in [5, 5.41) is 3.52. The predicted octanol–water partition coefficient (Wildman–Crippen LogP) is 2.97. The number of hydrogen-bond acceptors (Lipinski definition) is 3. The lowest BCUT2D eigenvalue weighted by molar-refractivity contribution is 0.315. The summed E-state index contributed by atoms with van der Waals surface area (Å²) in [5.74, 6) is 0. The fourth-order valence-corrected chi connectivity index (χ4v) is 2.43. The lowest BCUT2D eigenvalue weighted by atomic mass is 10.2. The molecule has 3 heteroatoms. The summed E-state index contributed by atoms with van der Waals surface area (Å²) in [7, 11) is 2.14. The quantitative estimate of drug-likeness (QED) is 0.845. The molecule has 0 spiro atoms. The fourth-order valence-electron chi connectivity index (χ4n) is 2.43. The lowest BCUT2D eigenvalue weighted by Crippen LogP contribution is -2.18. The largest absolute Gasteiger partial charge is 0.310 e. The van der Waals surface area contributed by atoms with Crippen molar-refractivity contribution in [3.63, 3.8) is 0 Å². The number of aromatic nitrogens is 1. The predicted molar refractivity (Wildman–Crippen MR) is 85.7 cm³/mol. The van der Waals surface area contributed by atoms with E-state index in [0.29, 0.717) is 0 Å². The Kier molecular flexibility index (Phi) is 4.63. The van der Waals surface area contributed by atoms with Crippen molar-refractivity contribution in [2.45, 2.75) is 38.5 Å². The minimum absolute atomic E-state index is 0.752. The van der Waals surface area contributed by atoms with Gasteiger partial charge in [-0.3, -0.25) is 9.88 Å². The van der Waals surface area contributed by atoms with Crippen LogP contribution in [0.1, 0.15) is 29.7 Å². The van der Waals surface area contributed by atoms with E-state index in [1.165, 1.54) is 24.0 Å². The maximum Gasteiger partial charge on any atom is 0.0544 e. The molecule has 21 heavy (non-hydrogen) atoms. The van der Waals surface area contributed by atoms with Crippen LogP contribution in [0.25, 0.3) is 0 Å². The minimum atomic E-state index is 0.752. The van der Waals surface area contributed by atoms with E-state index in [2.05, 4.69) is 64.7 Å². The molecule has 0 aliphatic heterocycles. The summed E-state index contributed by atoms with van der Waals surface area (Å²) < 4.78 is 0. The van der Waals surface area contributed by atoms with Crippen LogP contribution in [-0.2, 0) is 19.6 Å². The Hall–Kier alpha value is -1.71. The topological polar surface area (TPSA) is 28.2 Å². The monoisotopic (exact) mass is 281 g/mol. The summed E-state index contributed by atoms with van der Waals surface area (Å²) in [5.41, 5.74) is 3.74. The van der Waals surface area contributed by atoms with Gasteiger partial charge in [0.1, 0.15) is 0 Å². The van der Waals surface area contributed by atoms with Gasteiger partial charge in [0.15, 0.2) is 0 Å². The van der Waals surface area contributed by atoms with Crippen molar-refractivity contribution in [1.29, 1.82) is 0 Å². The van der Waals surface area contributed by atoms with Gasteiger partial charge >= 0.3 is 0 Å². The summed E-state index contributed by atoms with van der Waals surface area (Å²) in [6.07, 6.45) is 4.66. The van der Waals surface area contributed by atoms with Gasteiger partial charge in [-0.1, -0.05) is 36.4 Å². The highest BCUT2D eigenvalue weighted by atomic mass is 15.1. The first-order chi connectivity index (χ1) is 10.3. The summed E-state index contributed by atoms with van der Waals surface area (Å²) in [6.45, 7) is 2.77. The third-order valence-corrected chi connectivity index (χ3v) is 3.79. The molecule has 1 fully saturated rings. The van der Waals surface area contributed by atoms with E-state index in [1.54, 1.807) is 0 Å². The van der Waals surface area contributed by atoms with Crippen molar-refractivity contribution < 1.29 is 0 Å². The first kappa shape index (κ1) is 14.2. The highest BCUT2D eigenvalue weighted by Gasteiger charge is 2.19. The molecule has 1 aliphatic rings. The molecule has 0 unspecified atom stereocenters. The van der Waals surface area contributed by atoms with E-state index in [0.717, 1.165) is 31.4 Å². The van der Waals surface area contributed by atoms with E-state index < -0.39 is 0 Å². The fraction of sp³-hybridized carbons (Fsp3) is 0.389. The Balaban J connectivity index is 1.49. The molecule has 3 nitrogen and oxygen atoms in total. The normalized spacial score (nSPS) is 14.6. The van der Waals surface area contributed by atoms with Crippen molar-refractivity contribution in [2.24, 2.45) is 0 Å². The molecule has 1 aromatic heterocycles. The highest BCUT2D eigenvalue weighted by Crippen LogP contribution is 2.19. The first-order valence-corrected chi connectivity index (χ1v) is 7.69. The Labute approximate surface area is 127 Å². The van der Waals surface area contributed by atoms with Crippen LogP contribution in [0, 0.1) is 0 Å². The second-order valence-corrected chi connectivity index (χ2v) is 5.97. The smallest absolute Gasteiger partial charge is 0.0544 e. The van der Waals surface area contributed by atoms with Gasteiger partial charge in [0.25, 0.3) is 0 Å². The molecule has 110 valence electrons. The van der Waals surface area contributed by atoms with Crippen molar-refractivity contribution in [3.05, 3.63) is 65.5 Å². The average molecular weight is 281 g/mol. The molecule has 1 aromatic carbocycles. The first-order valence-electron chi connectivity index (χ1n) is 7.69. The summed E-state index contributed by atoms with van der Waals surface area (Å²) in [6, 6.07) is 15.6. The van der Waals surface area contributed by atoms with Crippen molar-refractivity contribution in [1.82, 2.24) is 15.2 Å². The molecular formula is C18H23N3. The van der Waals surface area contributed by atoms with Crippen LogP contribution in [0.3, 0.4) is 0 Å². The van der Waals surface area contributed by atoms with Gasteiger partial charge < -0.3 is 5.32 Å². The zero-order valence-electron chi connectivity index (χ0n) is 12.6. The standard InChI is InChI=1S/C18H23N3/c1-21(13-15-5-3-2-4-6-15)14-18-8-7-16(12-20-18)11-19-17-9-10-17/h2-8,12,17,19H,9-11,13-14H2,1H3. The van der Waals surface area contributed by atoms with Gasteiger partial charge in [0.2, 0.25) is 0 Å². The Bertz CT molecular complexity index is 546. The molecule has 1 N–H and O–H groups in total. The van der Waals surface area contributed by atoms with E-state index in [4.69, 9.17) is 0 Å². The molecule has 0 bridgehead atoms. The number of nitrogens with one attached hydrogen (secondary N) is 1. The SMILES string of the molecule is CN(Cc1ccccc1)Cc1ccc(CNC2CC2)cn1. The molecule has 1 aliphatic carbocycles. The van der Waals surface area contributed by atoms with Crippen molar-refractivity contribution in [2.75, 3.05) is 7.05 Å². The van der Waals surface area contributed by atoms with Gasteiger partial charge in [-0.05, 0) is 37.1 Å². The van der Waals surface area contributed by atoms with Gasteiger partial charge in [0, 0.05) is 31.9 Å². The molecule has 0 saturated heterocycles. The molecule has 0 atom stereocenters. The van der Waals surface area contributed by atoms with Gasteiger partial charge in [-0.2, -0.15) is 0 Å². The van der Waals surface area contributed by atoms with Crippen LogP contribution < -0.4 is 5.32 Å². The van der Waals surface area contributed by atoms with Gasteiger partial charge in [-0.25, -0.2) is 0 Å². The third-order valence-electron chi connectivity index (χ3n) is 3.79.